The molecule has 0 fully saturated rings. The van der Waals surface area contributed by atoms with E-state index in [4.69, 9.17) is 9.47 Å². The van der Waals surface area contributed by atoms with Crippen LogP contribution in [-0.2, 0) is 11.2 Å². The quantitative estimate of drug-likeness (QED) is 0.720. The van der Waals surface area contributed by atoms with Gasteiger partial charge in [0.2, 0.25) is 5.91 Å². The fourth-order valence-electron chi connectivity index (χ4n) is 2.61. The highest BCUT2D eigenvalue weighted by atomic mass is 19.1. The van der Waals surface area contributed by atoms with Crippen molar-refractivity contribution in [1.29, 1.82) is 0 Å². The third-order valence-corrected chi connectivity index (χ3v) is 4.02. The smallest absolute Gasteiger partial charge is 0.226 e. The molecule has 6 heteroatoms. The normalized spacial score (nSPS) is 11.7. The van der Waals surface area contributed by atoms with Gasteiger partial charge in [0.1, 0.15) is 17.3 Å². The van der Waals surface area contributed by atoms with E-state index in [1.807, 2.05) is 13.0 Å². The molecule has 1 amide bonds. The zero-order valence-corrected chi connectivity index (χ0v) is 15.3. The summed E-state index contributed by atoms with van der Waals surface area (Å²) in [7, 11) is 3.11. The lowest BCUT2D eigenvalue weighted by Gasteiger charge is -2.15. The summed E-state index contributed by atoms with van der Waals surface area (Å²) in [4.78, 5) is 12.2. The Morgan fingerprint density at radius 3 is 2.62 bits per heavy atom. The molecule has 0 aromatic heterocycles. The topological polar surface area (TPSA) is 59.6 Å². The van der Waals surface area contributed by atoms with Crippen molar-refractivity contribution in [2.75, 3.05) is 26.1 Å². The Morgan fingerprint density at radius 2 is 1.92 bits per heavy atom. The Balaban J connectivity index is 1.81. The maximum absolute atomic E-state index is 13.6. The number of halogens is 1. The molecule has 0 aliphatic heterocycles. The van der Waals surface area contributed by atoms with Gasteiger partial charge < -0.3 is 20.1 Å². The molecule has 0 radical (unpaired) electrons. The van der Waals surface area contributed by atoms with Gasteiger partial charge in [-0.15, -0.1) is 0 Å². The lowest BCUT2D eigenvalue weighted by molar-refractivity contribution is -0.116. The van der Waals surface area contributed by atoms with Crippen LogP contribution in [0.1, 0.15) is 18.9 Å². The SMILES string of the molecule is COc1ccc(NC(=O)CC(C)NCCc2ccccc2F)c(OC)c1. The van der Waals surface area contributed by atoms with Crippen LogP contribution in [0.15, 0.2) is 42.5 Å². The molecular weight excluding hydrogens is 335 g/mol. The number of hydrogen-bond donors (Lipinski definition) is 2. The van der Waals surface area contributed by atoms with E-state index in [9.17, 15) is 9.18 Å². The van der Waals surface area contributed by atoms with Crippen molar-refractivity contribution >= 4 is 11.6 Å². The number of carbonyl (C=O) groups excluding carboxylic acids is 1. The van der Waals surface area contributed by atoms with Crippen molar-refractivity contribution in [3.05, 3.63) is 53.8 Å². The van der Waals surface area contributed by atoms with E-state index in [0.717, 1.165) is 0 Å². The summed E-state index contributed by atoms with van der Waals surface area (Å²) in [5.74, 6) is 0.867. The number of hydrogen-bond acceptors (Lipinski definition) is 4. The predicted octanol–water partition coefficient (Wildman–Crippen LogP) is 3.39. The molecule has 1 unspecified atom stereocenters. The standard InChI is InChI=1S/C20H25FN2O3/c1-14(22-11-10-15-6-4-5-7-17(15)21)12-20(24)23-18-9-8-16(25-2)13-19(18)26-3/h4-9,13-14,22H,10-12H2,1-3H3,(H,23,24). The van der Waals surface area contributed by atoms with Crippen LogP contribution < -0.4 is 20.1 Å². The zero-order chi connectivity index (χ0) is 18.9. The Morgan fingerprint density at radius 1 is 1.15 bits per heavy atom. The van der Waals surface area contributed by atoms with Gasteiger partial charge in [-0.3, -0.25) is 4.79 Å². The van der Waals surface area contributed by atoms with Crippen molar-refractivity contribution in [3.8, 4) is 11.5 Å². The Hall–Kier alpha value is -2.60. The third-order valence-electron chi connectivity index (χ3n) is 4.02. The van der Waals surface area contributed by atoms with Gasteiger partial charge in [0.25, 0.3) is 0 Å². The Bertz CT molecular complexity index is 737. The van der Waals surface area contributed by atoms with Gasteiger partial charge in [-0.25, -0.2) is 4.39 Å². The fourth-order valence-corrected chi connectivity index (χ4v) is 2.61. The predicted molar refractivity (Wildman–Crippen MR) is 100 cm³/mol. The summed E-state index contributed by atoms with van der Waals surface area (Å²) in [6.07, 6.45) is 0.872. The number of benzene rings is 2. The first-order valence-corrected chi connectivity index (χ1v) is 8.52. The number of ether oxygens (including phenoxy) is 2. The molecule has 2 aromatic rings. The molecule has 0 saturated heterocycles. The molecule has 140 valence electrons. The highest BCUT2D eigenvalue weighted by Gasteiger charge is 2.12. The van der Waals surface area contributed by atoms with Crippen LogP contribution in [0.4, 0.5) is 10.1 Å². The molecule has 0 spiro atoms. The van der Waals surface area contributed by atoms with Crippen molar-refractivity contribution in [3.63, 3.8) is 0 Å². The molecule has 0 saturated carbocycles. The molecule has 2 rings (SSSR count). The number of carbonyl (C=O) groups is 1. The van der Waals surface area contributed by atoms with Crippen LogP contribution in [-0.4, -0.2) is 32.7 Å². The van der Waals surface area contributed by atoms with Gasteiger partial charge in [0.15, 0.2) is 0 Å². The second kappa shape index (κ2) is 9.77. The lowest BCUT2D eigenvalue weighted by Crippen LogP contribution is -2.32. The van der Waals surface area contributed by atoms with E-state index in [2.05, 4.69) is 10.6 Å². The summed E-state index contributed by atoms with van der Waals surface area (Å²) >= 11 is 0. The summed E-state index contributed by atoms with van der Waals surface area (Å²) < 4.78 is 24.0. The van der Waals surface area contributed by atoms with Crippen molar-refractivity contribution in [2.24, 2.45) is 0 Å². The summed E-state index contributed by atoms with van der Waals surface area (Å²) in [6, 6.07) is 11.9. The van der Waals surface area contributed by atoms with Gasteiger partial charge in [-0.2, -0.15) is 0 Å². The average molecular weight is 360 g/mol. The minimum atomic E-state index is -0.203. The van der Waals surface area contributed by atoms with Gasteiger partial charge in [-0.1, -0.05) is 18.2 Å². The monoisotopic (exact) mass is 360 g/mol. The van der Waals surface area contributed by atoms with Crippen LogP contribution in [0.3, 0.4) is 0 Å². The molecule has 2 N–H and O–H groups in total. The number of anilines is 1. The van der Waals surface area contributed by atoms with Crippen LogP contribution in [0.5, 0.6) is 11.5 Å². The summed E-state index contributed by atoms with van der Waals surface area (Å²) in [6.45, 7) is 2.52. The van der Waals surface area contributed by atoms with E-state index < -0.39 is 0 Å². The van der Waals surface area contributed by atoms with E-state index in [0.29, 0.717) is 42.1 Å². The first kappa shape index (κ1) is 19.7. The fraction of sp³-hybridized carbons (Fsp3) is 0.350. The van der Waals surface area contributed by atoms with E-state index in [1.165, 1.54) is 13.2 Å². The second-order valence-electron chi connectivity index (χ2n) is 6.02. The first-order chi connectivity index (χ1) is 12.5. The van der Waals surface area contributed by atoms with Crippen molar-refractivity contribution < 1.29 is 18.7 Å². The second-order valence-corrected chi connectivity index (χ2v) is 6.02. The van der Waals surface area contributed by atoms with Crippen LogP contribution >= 0.6 is 0 Å². The molecule has 2 aromatic carbocycles. The number of nitrogens with one attached hydrogen (secondary N) is 2. The average Bonchev–Trinajstić information content (AvgIpc) is 2.63. The number of methoxy groups -OCH3 is 2. The lowest BCUT2D eigenvalue weighted by atomic mass is 10.1. The zero-order valence-electron chi connectivity index (χ0n) is 15.3. The molecule has 0 aliphatic rings. The Labute approximate surface area is 153 Å². The minimum Gasteiger partial charge on any atom is -0.497 e. The van der Waals surface area contributed by atoms with Crippen molar-refractivity contribution in [2.45, 2.75) is 25.8 Å². The van der Waals surface area contributed by atoms with Gasteiger partial charge in [-0.05, 0) is 43.7 Å². The van der Waals surface area contributed by atoms with Gasteiger partial charge >= 0.3 is 0 Å². The van der Waals surface area contributed by atoms with Crippen LogP contribution in [0.25, 0.3) is 0 Å². The highest BCUT2D eigenvalue weighted by Crippen LogP contribution is 2.29. The van der Waals surface area contributed by atoms with Crippen LogP contribution in [0, 0.1) is 5.82 Å². The molecular formula is C20H25FN2O3. The molecule has 1 atom stereocenters. The van der Waals surface area contributed by atoms with Gasteiger partial charge in [0, 0.05) is 18.5 Å². The number of rotatable bonds is 9. The minimum absolute atomic E-state index is 0.0361. The first-order valence-electron chi connectivity index (χ1n) is 8.52. The Kier molecular flexibility index (Phi) is 7.41. The maximum atomic E-state index is 13.6. The van der Waals surface area contributed by atoms with Crippen molar-refractivity contribution in [1.82, 2.24) is 5.32 Å². The molecule has 0 heterocycles. The molecule has 26 heavy (non-hydrogen) atoms. The van der Waals surface area contributed by atoms with Crippen LogP contribution in [0.2, 0.25) is 0 Å². The summed E-state index contributed by atoms with van der Waals surface area (Å²) in [5, 5.41) is 6.08. The highest BCUT2D eigenvalue weighted by molar-refractivity contribution is 5.92. The molecule has 5 nitrogen and oxygen atoms in total. The third kappa shape index (κ3) is 5.74. The molecule has 0 bridgehead atoms. The number of amides is 1. The van der Waals surface area contributed by atoms with E-state index >= 15 is 0 Å². The molecule has 0 aliphatic carbocycles. The van der Waals surface area contributed by atoms with Gasteiger partial charge in [0.05, 0.1) is 19.9 Å². The summed E-state index contributed by atoms with van der Waals surface area (Å²) in [5.41, 5.74) is 1.26. The van der Waals surface area contributed by atoms with E-state index in [-0.39, 0.29) is 17.8 Å². The van der Waals surface area contributed by atoms with E-state index in [1.54, 1.807) is 37.4 Å². The largest absolute Gasteiger partial charge is 0.497 e. The maximum Gasteiger partial charge on any atom is 0.226 e.